The van der Waals surface area contributed by atoms with Gasteiger partial charge >= 0.3 is 18.0 Å². The third-order valence-electron chi connectivity index (χ3n) is 12.0. The van der Waals surface area contributed by atoms with Crippen LogP contribution in [0, 0.1) is 17.8 Å². The Hall–Kier alpha value is -5.33. The van der Waals surface area contributed by atoms with E-state index in [1.807, 2.05) is 58.0 Å². The van der Waals surface area contributed by atoms with Gasteiger partial charge < -0.3 is 55.1 Å². The highest BCUT2D eigenvalue weighted by Crippen LogP contribution is 2.26. The maximum Gasteiger partial charge on any atom is 0.407 e. The number of carbonyl (C=O) groups excluding carboxylic acids is 7. The number of nitrogens with one attached hydrogen (secondary N) is 4. The number of rotatable bonds is 13. The van der Waals surface area contributed by atoms with Gasteiger partial charge in [0, 0.05) is 57.6 Å². The van der Waals surface area contributed by atoms with Crippen molar-refractivity contribution in [3.63, 3.8) is 0 Å². The minimum absolute atomic E-state index is 0.0252. The Labute approximate surface area is 397 Å². The molecule has 376 valence electrons. The highest BCUT2D eigenvalue weighted by atomic mass is 16.6. The van der Waals surface area contributed by atoms with Gasteiger partial charge in [-0.3, -0.25) is 24.0 Å². The van der Waals surface area contributed by atoms with Crippen molar-refractivity contribution in [2.75, 3.05) is 53.6 Å². The van der Waals surface area contributed by atoms with Gasteiger partial charge in [-0.1, -0.05) is 83.5 Å². The molecule has 0 fully saturated rings. The van der Waals surface area contributed by atoms with Crippen molar-refractivity contribution in [3.05, 3.63) is 59.2 Å². The number of hydrogen-bond acceptors (Lipinski definition) is 13. The first-order valence-corrected chi connectivity index (χ1v) is 23.4. The second-order valence-electron chi connectivity index (χ2n) is 17.9. The molecule has 1 aliphatic heterocycles. The fourth-order valence-electron chi connectivity index (χ4n) is 7.30. The monoisotopic (exact) mass is 943 g/mol. The number of aliphatic hydroxyl groups excluding tert-OH is 1. The fourth-order valence-corrected chi connectivity index (χ4v) is 7.30. The van der Waals surface area contributed by atoms with Gasteiger partial charge in [-0.15, -0.1) is 0 Å². The van der Waals surface area contributed by atoms with Crippen molar-refractivity contribution < 1.29 is 57.6 Å². The largest absolute Gasteiger partial charge is 0.456 e. The van der Waals surface area contributed by atoms with Crippen molar-refractivity contribution >= 4 is 41.7 Å². The molecular weight excluding hydrogens is 865 g/mol. The van der Waals surface area contributed by atoms with Crippen LogP contribution in [0.4, 0.5) is 4.79 Å². The normalized spacial score (nSPS) is 26.7. The zero-order valence-electron chi connectivity index (χ0n) is 41.7. The Balaban J connectivity index is 2.66. The number of nitrogens with zero attached hydrogens (tertiary/aromatic N) is 2. The molecule has 0 aromatic heterocycles. The SMILES string of the molecule is C/C=C(\C)[C@H]1OC(=O)[C@@H](C)NC[C@H](C(C)CC)NC(=O)CN(C)C(=O)[C@@H](Cc2ccccc2)N(C)C(=O)[C@H](C)NC(=O)[C@@H](CC(C)C)OC(=O)/C(C)=C/C[C@H](OC(=O)NCCOCCO)[C@@H]1C. The van der Waals surface area contributed by atoms with Crippen LogP contribution in [0.1, 0.15) is 94.1 Å². The third-order valence-corrected chi connectivity index (χ3v) is 12.0. The van der Waals surface area contributed by atoms with Crippen LogP contribution in [-0.4, -0.2) is 153 Å². The Bertz CT molecular complexity index is 1840. The topological polar surface area (TPSA) is 231 Å². The average molecular weight is 943 g/mol. The van der Waals surface area contributed by atoms with Crippen LogP contribution in [0.5, 0.6) is 0 Å². The number of allylic oxidation sites excluding steroid dienone is 1. The molecule has 1 aromatic carbocycles. The number of hydrogen-bond donors (Lipinski definition) is 5. The highest BCUT2D eigenvalue weighted by molar-refractivity contribution is 5.95. The minimum atomic E-state index is -1.30. The molecule has 1 heterocycles. The number of likely N-dealkylation sites (N-methyl/N-ethyl adjacent to an activating group) is 2. The fraction of sp³-hybridized carbons (Fsp3) is 0.653. The first kappa shape index (κ1) is 57.8. The van der Waals surface area contributed by atoms with E-state index in [4.69, 9.17) is 24.1 Å². The van der Waals surface area contributed by atoms with Crippen molar-refractivity contribution in [2.24, 2.45) is 17.8 Å². The van der Waals surface area contributed by atoms with Gasteiger partial charge in [-0.25, -0.2) is 9.59 Å². The van der Waals surface area contributed by atoms with Gasteiger partial charge in [-0.05, 0) is 64.0 Å². The highest BCUT2D eigenvalue weighted by Gasteiger charge is 2.36. The molecule has 1 aliphatic rings. The van der Waals surface area contributed by atoms with Crippen LogP contribution in [0.3, 0.4) is 0 Å². The number of ether oxygens (including phenoxy) is 4. The van der Waals surface area contributed by atoms with Crippen molar-refractivity contribution in [3.8, 4) is 0 Å². The average Bonchev–Trinajstić information content (AvgIpc) is 3.30. The van der Waals surface area contributed by atoms with Crippen LogP contribution in [0.2, 0.25) is 0 Å². The van der Waals surface area contributed by atoms with Crippen molar-refractivity contribution in [2.45, 2.75) is 137 Å². The first-order chi connectivity index (χ1) is 31.6. The molecule has 18 nitrogen and oxygen atoms in total. The maximum atomic E-state index is 14.2. The van der Waals surface area contributed by atoms with Crippen LogP contribution in [0.15, 0.2) is 53.6 Å². The molecule has 0 saturated heterocycles. The van der Waals surface area contributed by atoms with E-state index in [2.05, 4.69) is 21.3 Å². The summed E-state index contributed by atoms with van der Waals surface area (Å²) < 4.78 is 23.1. The molecule has 5 amide bonds. The molecule has 0 aliphatic carbocycles. The van der Waals surface area contributed by atoms with Gasteiger partial charge in [0.2, 0.25) is 17.7 Å². The Kier molecular flexibility index (Phi) is 25.4. The summed E-state index contributed by atoms with van der Waals surface area (Å²) in [7, 11) is 2.95. The van der Waals surface area contributed by atoms with Gasteiger partial charge in [0.05, 0.1) is 26.4 Å². The number of alkyl carbamates (subject to hydrolysis) is 1. The van der Waals surface area contributed by atoms with Gasteiger partial charge in [0.15, 0.2) is 6.10 Å². The minimum Gasteiger partial charge on any atom is -0.456 e. The van der Waals surface area contributed by atoms with Gasteiger partial charge in [-0.2, -0.15) is 0 Å². The molecule has 0 bridgehead atoms. The summed E-state index contributed by atoms with van der Waals surface area (Å²) in [6.45, 7) is 17.6. The first-order valence-electron chi connectivity index (χ1n) is 23.4. The zero-order valence-corrected chi connectivity index (χ0v) is 41.7. The second kappa shape index (κ2) is 29.4. The maximum absolute atomic E-state index is 14.2. The third kappa shape index (κ3) is 19.4. The number of amides is 5. The summed E-state index contributed by atoms with van der Waals surface area (Å²) in [6.07, 6.45) is 0.259. The predicted molar refractivity (Wildman–Crippen MR) is 253 cm³/mol. The lowest BCUT2D eigenvalue weighted by Crippen LogP contribution is -2.57. The molecule has 9 atom stereocenters. The Morgan fingerprint density at radius 3 is 2.25 bits per heavy atom. The number of carbonyl (C=O) groups is 7. The molecule has 5 N–H and O–H groups in total. The van der Waals surface area contributed by atoms with Crippen LogP contribution in [-0.2, 0) is 54.1 Å². The Morgan fingerprint density at radius 1 is 0.970 bits per heavy atom. The van der Waals surface area contributed by atoms with Crippen LogP contribution in [0.25, 0.3) is 0 Å². The van der Waals surface area contributed by atoms with E-state index in [9.17, 15) is 33.6 Å². The lowest BCUT2D eigenvalue weighted by Gasteiger charge is -2.33. The molecular formula is C49H78N6O12. The van der Waals surface area contributed by atoms with E-state index in [1.54, 1.807) is 33.8 Å². The van der Waals surface area contributed by atoms with E-state index in [1.165, 1.54) is 43.8 Å². The smallest absolute Gasteiger partial charge is 0.407 e. The van der Waals surface area contributed by atoms with E-state index in [-0.39, 0.29) is 76.1 Å². The lowest BCUT2D eigenvalue weighted by molar-refractivity contribution is -0.154. The van der Waals surface area contributed by atoms with Gasteiger partial charge in [0.1, 0.15) is 30.3 Å². The van der Waals surface area contributed by atoms with E-state index in [0.29, 0.717) is 12.0 Å². The number of aliphatic hydroxyl groups is 1. The summed E-state index contributed by atoms with van der Waals surface area (Å²) in [5.41, 5.74) is 1.54. The summed E-state index contributed by atoms with van der Waals surface area (Å²) in [6, 6.07) is 5.59. The molecule has 18 heteroatoms. The molecule has 0 spiro atoms. The number of cyclic esters (lactones) is 2. The van der Waals surface area contributed by atoms with Crippen LogP contribution >= 0.6 is 0 Å². The second-order valence-corrected chi connectivity index (χ2v) is 17.9. The molecule has 2 rings (SSSR count). The number of benzene rings is 1. The molecule has 1 unspecified atom stereocenters. The number of esters is 2. The quantitative estimate of drug-likeness (QED) is 0.0827. The predicted octanol–water partition coefficient (Wildman–Crippen LogP) is 3.45. The van der Waals surface area contributed by atoms with Crippen molar-refractivity contribution in [1.82, 2.24) is 31.1 Å². The summed E-state index contributed by atoms with van der Waals surface area (Å²) in [4.78, 5) is 99.0. The lowest BCUT2D eigenvalue weighted by atomic mass is 9.90. The molecule has 0 saturated carbocycles. The van der Waals surface area contributed by atoms with Gasteiger partial charge in [0.25, 0.3) is 5.91 Å². The zero-order chi connectivity index (χ0) is 50.4. The Morgan fingerprint density at radius 2 is 1.64 bits per heavy atom. The molecule has 0 radical (unpaired) electrons. The molecule has 1 aromatic rings. The van der Waals surface area contributed by atoms with E-state index >= 15 is 0 Å². The van der Waals surface area contributed by atoms with Crippen molar-refractivity contribution in [1.29, 1.82) is 0 Å². The summed E-state index contributed by atoms with van der Waals surface area (Å²) in [5, 5.41) is 20.6. The van der Waals surface area contributed by atoms with E-state index < -0.39 is 90.1 Å². The summed E-state index contributed by atoms with van der Waals surface area (Å²) in [5.74, 6) is -4.51. The van der Waals surface area contributed by atoms with E-state index in [0.717, 1.165) is 5.56 Å². The standard InChI is InChI=1S/C49H78N6O12/c1-13-31(5)38-28-51-36(10)48(62)67-43(32(6)14-2)34(8)40(66-49(63)50-22-24-64-25-23-56)21-20-33(7)47(61)65-41(26-30(3)4)44(58)52-35(9)45(59)55(12)39(27-37-18-16-15-17-19-37)46(60)54(11)29-42(57)53-38/h14-20,30-31,34-36,38-41,43,51,56H,13,21-29H2,1-12H3,(H,50,63)(H,52,58)(H,53,57)/b32-14+,33-20+/t31?,34-,35-,36+,38+,39+,40-,41+,43+/m0/s1. The summed E-state index contributed by atoms with van der Waals surface area (Å²) >= 11 is 0. The molecule has 67 heavy (non-hydrogen) atoms. The van der Waals surface area contributed by atoms with Crippen LogP contribution < -0.4 is 21.3 Å².